The van der Waals surface area contributed by atoms with Crippen LogP contribution in [0.2, 0.25) is 0 Å². The minimum absolute atomic E-state index is 0.143. The summed E-state index contributed by atoms with van der Waals surface area (Å²) >= 11 is 1.49. The molecule has 0 unspecified atom stereocenters. The Kier molecular flexibility index (Phi) is 5.89. The van der Waals surface area contributed by atoms with Crippen LogP contribution in [0.15, 0.2) is 48.5 Å². The van der Waals surface area contributed by atoms with Crippen LogP contribution < -0.4 is 5.32 Å². The van der Waals surface area contributed by atoms with E-state index in [4.69, 9.17) is 4.99 Å². The second kappa shape index (κ2) is 7.71. The molecule has 1 aliphatic rings. The van der Waals surface area contributed by atoms with Crippen LogP contribution in [0.5, 0.6) is 0 Å². The quantitative estimate of drug-likeness (QED) is 0.783. The molecule has 0 radical (unpaired) electrons. The number of para-hydroxylation sites is 1. The number of thioether (sulfide) groups is 1. The molecule has 128 valence electrons. The Morgan fingerprint density at radius 3 is 2.42 bits per heavy atom. The molecule has 0 bridgehead atoms. The SMILES string of the molecule is C=CCC1(CC=C)CN(C(=O)Nc2c(C)cccc2C)C(SC)=N1. The van der Waals surface area contributed by atoms with E-state index in [1.54, 1.807) is 4.90 Å². The van der Waals surface area contributed by atoms with Gasteiger partial charge in [-0.25, -0.2) is 4.79 Å². The zero-order valence-corrected chi connectivity index (χ0v) is 15.4. The lowest BCUT2D eigenvalue weighted by atomic mass is 9.92. The molecule has 0 saturated heterocycles. The van der Waals surface area contributed by atoms with Crippen molar-refractivity contribution in [2.75, 3.05) is 18.1 Å². The second-order valence-corrected chi connectivity index (χ2v) is 6.86. The summed E-state index contributed by atoms with van der Waals surface area (Å²) in [5, 5.41) is 3.79. The van der Waals surface area contributed by atoms with Gasteiger partial charge in [-0.05, 0) is 44.1 Å². The third kappa shape index (κ3) is 3.73. The first-order chi connectivity index (χ1) is 11.5. The van der Waals surface area contributed by atoms with E-state index in [1.165, 1.54) is 11.8 Å². The van der Waals surface area contributed by atoms with Gasteiger partial charge in [0.15, 0.2) is 5.17 Å². The van der Waals surface area contributed by atoms with Crippen LogP contribution >= 0.6 is 11.8 Å². The van der Waals surface area contributed by atoms with Crippen LogP contribution in [0, 0.1) is 13.8 Å². The number of hydrogen-bond donors (Lipinski definition) is 1. The molecule has 5 heteroatoms. The first-order valence-corrected chi connectivity index (χ1v) is 9.19. The van der Waals surface area contributed by atoms with E-state index in [2.05, 4.69) is 18.5 Å². The van der Waals surface area contributed by atoms with Crippen LogP contribution in [0.4, 0.5) is 10.5 Å². The molecule has 0 spiro atoms. The molecule has 1 aromatic carbocycles. The molecular formula is C19H25N3OS. The molecule has 2 rings (SSSR count). The summed E-state index contributed by atoms with van der Waals surface area (Å²) in [6, 6.07) is 5.84. The van der Waals surface area contributed by atoms with Crippen molar-refractivity contribution < 1.29 is 4.79 Å². The van der Waals surface area contributed by atoms with Crippen molar-refractivity contribution in [2.45, 2.75) is 32.2 Å². The van der Waals surface area contributed by atoms with E-state index >= 15 is 0 Å². The van der Waals surface area contributed by atoms with Crippen LogP contribution in [-0.2, 0) is 0 Å². The Morgan fingerprint density at radius 2 is 1.92 bits per heavy atom. The molecule has 0 aliphatic carbocycles. The van der Waals surface area contributed by atoms with Crippen molar-refractivity contribution in [2.24, 2.45) is 4.99 Å². The topological polar surface area (TPSA) is 44.7 Å². The third-order valence-corrected chi connectivity index (χ3v) is 4.88. The molecule has 4 nitrogen and oxygen atoms in total. The maximum atomic E-state index is 12.9. The number of aliphatic imine (C=N–C) groups is 1. The number of amidine groups is 1. The monoisotopic (exact) mass is 343 g/mol. The Bertz CT molecular complexity index is 651. The fraction of sp³-hybridized carbons (Fsp3) is 0.368. The normalized spacial score (nSPS) is 15.8. The highest BCUT2D eigenvalue weighted by molar-refractivity contribution is 8.13. The number of carbonyl (C=O) groups excluding carboxylic acids is 1. The van der Waals surface area contributed by atoms with Gasteiger partial charge in [-0.2, -0.15) is 0 Å². The first kappa shape index (κ1) is 18.3. The highest BCUT2D eigenvalue weighted by Gasteiger charge is 2.40. The lowest BCUT2D eigenvalue weighted by Gasteiger charge is -2.25. The van der Waals surface area contributed by atoms with Crippen LogP contribution in [0.3, 0.4) is 0 Å². The minimum atomic E-state index is -0.347. The van der Waals surface area contributed by atoms with Gasteiger partial charge in [-0.1, -0.05) is 42.1 Å². The van der Waals surface area contributed by atoms with Crippen LogP contribution in [0.1, 0.15) is 24.0 Å². The van der Waals surface area contributed by atoms with E-state index < -0.39 is 0 Å². The number of urea groups is 1. The zero-order valence-electron chi connectivity index (χ0n) is 14.6. The van der Waals surface area contributed by atoms with Crippen molar-refractivity contribution in [1.29, 1.82) is 0 Å². The maximum Gasteiger partial charge on any atom is 0.328 e. The Morgan fingerprint density at radius 1 is 1.33 bits per heavy atom. The van der Waals surface area contributed by atoms with Gasteiger partial charge in [0.05, 0.1) is 12.1 Å². The number of amides is 2. The zero-order chi connectivity index (χ0) is 17.7. The van der Waals surface area contributed by atoms with Crippen molar-refractivity contribution in [1.82, 2.24) is 4.90 Å². The van der Waals surface area contributed by atoms with Crippen molar-refractivity contribution in [3.05, 3.63) is 54.6 Å². The van der Waals surface area contributed by atoms with Gasteiger partial charge in [0, 0.05) is 5.69 Å². The lowest BCUT2D eigenvalue weighted by molar-refractivity contribution is 0.230. The van der Waals surface area contributed by atoms with E-state index in [0.717, 1.165) is 34.8 Å². The van der Waals surface area contributed by atoms with Crippen molar-refractivity contribution >= 4 is 28.6 Å². The maximum absolute atomic E-state index is 12.9. The van der Waals surface area contributed by atoms with E-state index in [0.29, 0.717) is 6.54 Å². The summed E-state index contributed by atoms with van der Waals surface area (Å²) < 4.78 is 0. The number of nitrogens with one attached hydrogen (secondary N) is 1. The first-order valence-electron chi connectivity index (χ1n) is 7.96. The molecule has 1 heterocycles. The molecule has 0 fully saturated rings. The summed E-state index contributed by atoms with van der Waals surface area (Å²) in [6.07, 6.45) is 7.10. The van der Waals surface area contributed by atoms with E-state index in [1.807, 2.05) is 50.5 Å². The lowest BCUT2D eigenvalue weighted by Crippen LogP contribution is -2.41. The third-order valence-electron chi connectivity index (χ3n) is 4.21. The molecule has 2 amide bonds. The van der Waals surface area contributed by atoms with E-state index in [9.17, 15) is 4.79 Å². The van der Waals surface area contributed by atoms with Gasteiger partial charge in [0.2, 0.25) is 0 Å². The molecule has 0 atom stereocenters. The molecule has 24 heavy (non-hydrogen) atoms. The van der Waals surface area contributed by atoms with Crippen molar-refractivity contribution in [3.63, 3.8) is 0 Å². The number of aryl methyl sites for hydroxylation is 2. The van der Waals surface area contributed by atoms with Crippen molar-refractivity contribution in [3.8, 4) is 0 Å². The number of rotatable bonds is 5. The second-order valence-electron chi connectivity index (χ2n) is 6.09. The Hall–Kier alpha value is -2.01. The molecule has 1 N–H and O–H groups in total. The van der Waals surface area contributed by atoms with Gasteiger partial charge in [-0.15, -0.1) is 13.2 Å². The summed E-state index contributed by atoms with van der Waals surface area (Å²) in [5.74, 6) is 0. The summed E-state index contributed by atoms with van der Waals surface area (Å²) in [7, 11) is 0. The van der Waals surface area contributed by atoms with Crippen LogP contribution in [0.25, 0.3) is 0 Å². The molecule has 1 aliphatic heterocycles. The highest BCUT2D eigenvalue weighted by Crippen LogP contribution is 2.33. The van der Waals surface area contributed by atoms with Gasteiger partial charge in [0.1, 0.15) is 0 Å². The number of benzene rings is 1. The highest BCUT2D eigenvalue weighted by atomic mass is 32.2. The minimum Gasteiger partial charge on any atom is -0.307 e. The summed E-state index contributed by atoms with van der Waals surface area (Å²) in [4.78, 5) is 19.4. The average molecular weight is 343 g/mol. The standard InChI is InChI=1S/C19H25N3OS/c1-6-11-19(12-7-2)13-22(18(21-19)24-5)17(23)20-16-14(3)9-8-10-15(16)4/h6-10H,1-2,11-13H2,3-5H3,(H,20,23). The number of nitrogens with zero attached hydrogens (tertiary/aromatic N) is 2. The summed E-state index contributed by atoms with van der Waals surface area (Å²) in [6.45, 7) is 12.2. The van der Waals surface area contributed by atoms with Gasteiger partial charge in [-0.3, -0.25) is 9.89 Å². The average Bonchev–Trinajstić information content (AvgIpc) is 2.90. The van der Waals surface area contributed by atoms with Gasteiger partial charge < -0.3 is 5.32 Å². The van der Waals surface area contributed by atoms with Crippen LogP contribution in [-0.4, -0.2) is 34.4 Å². The number of carbonyl (C=O) groups is 1. The summed E-state index contributed by atoms with van der Waals surface area (Å²) in [5.41, 5.74) is 2.62. The Balaban J connectivity index is 2.25. The van der Waals surface area contributed by atoms with Gasteiger partial charge >= 0.3 is 6.03 Å². The molecule has 0 aromatic heterocycles. The van der Waals surface area contributed by atoms with Gasteiger partial charge in [0.25, 0.3) is 0 Å². The Labute approximate surface area is 148 Å². The fourth-order valence-electron chi connectivity index (χ4n) is 3.00. The number of anilines is 1. The van der Waals surface area contributed by atoms with E-state index in [-0.39, 0.29) is 11.6 Å². The number of hydrogen-bond acceptors (Lipinski definition) is 3. The predicted molar refractivity (Wildman–Crippen MR) is 105 cm³/mol. The fourth-order valence-corrected chi connectivity index (χ4v) is 3.65. The molecule has 1 aromatic rings. The molecule has 0 saturated carbocycles. The predicted octanol–water partition coefficient (Wildman–Crippen LogP) is 4.76. The molecular weight excluding hydrogens is 318 g/mol. The largest absolute Gasteiger partial charge is 0.328 e. The smallest absolute Gasteiger partial charge is 0.307 e.